The molecule has 0 aliphatic heterocycles. The number of halogens is 2. The Morgan fingerprint density at radius 1 is 1.37 bits per heavy atom. The van der Waals surface area contributed by atoms with Crippen molar-refractivity contribution in [1.29, 1.82) is 0 Å². The van der Waals surface area contributed by atoms with E-state index in [9.17, 15) is 9.18 Å². The summed E-state index contributed by atoms with van der Waals surface area (Å²) in [6.45, 7) is 0. The molecule has 0 atom stereocenters. The van der Waals surface area contributed by atoms with Crippen LogP contribution >= 0.6 is 15.9 Å². The van der Waals surface area contributed by atoms with Crippen molar-refractivity contribution in [2.45, 2.75) is 32.1 Å². The molecule has 5 heteroatoms. The molecule has 0 radical (unpaired) electrons. The minimum atomic E-state index is -0.362. The molecule has 0 unspecified atom stereocenters. The first-order valence-corrected chi connectivity index (χ1v) is 7.24. The summed E-state index contributed by atoms with van der Waals surface area (Å²) in [4.78, 5) is 11.8. The summed E-state index contributed by atoms with van der Waals surface area (Å²) in [7, 11) is 0. The van der Waals surface area contributed by atoms with Gasteiger partial charge in [0.2, 0.25) is 5.91 Å². The normalized spacial score (nSPS) is 16.7. The summed E-state index contributed by atoms with van der Waals surface area (Å²) in [6.07, 6.45) is 6.58. The first kappa shape index (κ1) is 14.2. The summed E-state index contributed by atoms with van der Waals surface area (Å²) < 4.78 is 14.2. The highest BCUT2D eigenvalue weighted by Gasteiger charge is 2.20. The highest BCUT2D eigenvalue weighted by atomic mass is 79.9. The average molecular weight is 327 g/mol. The van der Waals surface area contributed by atoms with Crippen molar-refractivity contribution < 1.29 is 9.18 Å². The fraction of sp³-hybridized carbons (Fsp3) is 0.429. The van der Waals surface area contributed by atoms with Crippen LogP contribution in [-0.4, -0.2) is 12.1 Å². The molecule has 1 amide bonds. The zero-order valence-corrected chi connectivity index (χ0v) is 12.1. The number of rotatable bonds is 3. The van der Waals surface area contributed by atoms with Gasteiger partial charge >= 0.3 is 0 Å². The van der Waals surface area contributed by atoms with Gasteiger partial charge in [-0.1, -0.05) is 35.2 Å². The van der Waals surface area contributed by atoms with Gasteiger partial charge in [0.15, 0.2) is 0 Å². The van der Waals surface area contributed by atoms with Crippen LogP contribution in [0.2, 0.25) is 0 Å². The lowest BCUT2D eigenvalue weighted by molar-refractivity contribution is -0.125. The lowest BCUT2D eigenvalue weighted by Crippen LogP contribution is -2.28. The maximum absolute atomic E-state index is 13.4. The van der Waals surface area contributed by atoms with Crippen molar-refractivity contribution >= 4 is 28.1 Å². The van der Waals surface area contributed by atoms with Gasteiger partial charge in [-0.25, -0.2) is 9.82 Å². The van der Waals surface area contributed by atoms with Gasteiger partial charge in [-0.2, -0.15) is 5.10 Å². The highest BCUT2D eigenvalue weighted by molar-refractivity contribution is 9.10. The smallest absolute Gasteiger partial charge is 0.243 e. The highest BCUT2D eigenvalue weighted by Crippen LogP contribution is 2.23. The van der Waals surface area contributed by atoms with Gasteiger partial charge in [0, 0.05) is 16.0 Å². The van der Waals surface area contributed by atoms with Crippen molar-refractivity contribution in [3.63, 3.8) is 0 Å². The summed E-state index contributed by atoms with van der Waals surface area (Å²) >= 11 is 3.26. The molecule has 0 heterocycles. The van der Waals surface area contributed by atoms with Gasteiger partial charge in [0.25, 0.3) is 0 Å². The van der Waals surface area contributed by atoms with E-state index in [1.54, 1.807) is 12.1 Å². The van der Waals surface area contributed by atoms with Crippen molar-refractivity contribution in [1.82, 2.24) is 5.43 Å². The summed E-state index contributed by atoms with van der Waals surface area (Å²) in [6, 6.07) is 4.59. The second kappa shape index (κ2) is 6.80. The van der Waals surface area contributed by atoms with E-state index in [4.69, 9.17) is 0 Å². The van der Waals surface area contributed by atoms with Crippen LogP contribution in [0.5, 0.6) is 0 Å². The van der Waals surface area contributed by atoms with E-state index in [-0.39, 0.29) is 17.6 Å². The third kappa shape index (κ3) is 4.13. The molecule has 0 bridgehead atoms. The minimum Gasteiger partial charge on any atom is -0.273 e. The molecule has 1 aromatic rings. The fourth-order valence-electron chi connectivity index (χ4n) is 2.24. The molecular formula is C14H16BrFN2O. The molecule has 3 nitrogen and oxygen atoms in total. The predicted molar refractivity (Wildman–Crippen MR) is 76.4 cm³/mol. The maximum Gasteiger partial charge on any atom is 0.243 e. The Balaban J connectivity index is 1.92. The number of carbonyl (C=O) groups excluding carboxylic acids is 1. The minimum absolute atomic E-state index is 0.0539. The second-order valence-electron chi connectivity index (χ2n) is 4.74. The van der Waals surface area contributed by atoms with Crippen molar-refractivity contribution in [3.05, 3.63) is 34.1 Å². The number of nitrogens with one attached hydrogen (secondary N) is 1. The molecule has 1 saturated carbocycles. The van der Waals surface area contributed by atoms with E-state index in [0.29, 0.717) is 5.56 Å². The van der Waals surface area contributed by atoms with Crippen LogP contribution < -0.4 is 5.43 Å². The van der Waals surface area contributed by atoms with Gasteiger partial charge in [-0.05, 0) is 31.0 Å². The monoisotopic (exact) mass is 326 g/mol. The Morgan fingerprint density at radius 3 is 2.84 bits per heavy atom. The second-order valence-corrected chi connectivity index (χ2v) is 5.65. The number of nitrogens with zero attached hydrogens (tertiary/aromatic N) is 1. The zero-order chi connectivity index (χ0) is 13.7. The third-order valence-electron chi connectivity index (χ3n) is 3.31. The van der Waals surface area contributed by atoms with E-state index >= 15 is 0 Å². The summed E-state index contributed by atoms with van der Waals surface area (Å²) in [5.74, 6) is -0.372. The standard InChI is InChI=1S/C14H16BrFN2O/c15-12-6-7-13(16)11(8-12)9-17-18-14(19)10-4-2-1-3-5-10/h6-10H,1-5H2,(H,18,19)/b17-9-. The number of hydrazone groups is 1. The lowest BCUT2D eigenvalue weighted by atomic mass is 9.89. The van der Waals surface area contributed by atoms with Crippen molar-refractivity contribution in [2.24, 2.45) is 11.0 Å². The first-order valence-electron chi connectivity index (χ1n) is 6.45. The SMILES string of the molecule is O=C(N/N=C\c1cc(Br)ccc1F)C1CCCCC1. The van der Waals surface area contributed by atoms with E-state index in [1.165, 1.54) is 18.7 Å². The third-order valence-corrected chi connectivity index (χ3v) is 3.81. The molecule has 1 aliphatic carbocycles. The molecule has 1 fully saturated rings. The maximum atomic E-state index is 13.4. The molecule has 0 spiro atoms. The molecule has 2 rings (SSSR count). The molecule has 1 aliphatic rings. The first-order chi connectivity index (χ1) is 9.16. The number of hydrogen-bond acceptors (Lipinski definition) is 2. The molecule has 102 valence electrons. The van der Waals surface area contributed by atoms with E-state index < -0.39 is 0 Å². The Morgan fingerprint density at radius 2 is 2.11 bits per heavy atom. The molecule has 0 aromatic heterocycles. The van der Waals surface area contributed by atoms with Crippen LogP contribution in [0.3, 0.4) is 0 Å². The van der Waals surface area contributed by atoms with E-state index in [0.717, 1.165) is 30.2 Å². The molecular weight excluding hydrogens is 311 g/mol. The van der Waals surface area contributed by atoms with Gasteiger partial charge in [-0.3, -0.25) is 4.79 Å². The number of benzene rings is 1. The van der Waals surface area contributed by atoms with Gasteiger partial charge < -0.3 is 0 Å². The molecule has 0 saturated heterocycles. The predicted octanol–water partition coefficient (Wildman–Crippen LogP) is 3.62. The van der Waals surface area contributed by atoms with Crippen LogP contribution in [0.4, 0.5) is 4.39 Å². The Kier molecular flexibility index (Phi) is 5.07. The fourth-order valence-corrected chi connectivity index (χ4v) is 2.61. The van der Waals surface area contributed by atoms with Crippen molar-refractivity contribution in [3.8, 4) is 0 Å². The van der Waals surface area contributed by atoms with E-state index in [1.807, 2.05) is 0 Å². The molecule has 1 aromatic carbocycles. The number of amides is 1. The number of hydrogen-bond donors (Lipinski definition) is 1. The zero-order valence-electron chi connectivity index (χ0n) is 10.5. The molecule has 1 N–H and O–H groups in total. The van der Waals surface area contributed by atoms with Gasteiger partial charge in [-0.15, -0.1) is 0 Å². The van der Waals surface area contributed by atoms with Gasteiger partial charge in [0.1, 0.15) is 5.82 Å². The molecule has 19 heavy (non-hydrogen) atoms. The van der Waals surface area contributed by atoms with E-state index in [2.05, 4.69) is 26.5 Å². The van der Waals surface area contributed by atoms with Gasteiger partial charge in [0.05, 0.1) is 6.21 Å². The van der Waals surface area contributed by atoms with Crippen LogP contribution in [0, 0.1) is 11.7 Å². The Hall–Kier alpha value is -1.23. The quantitative estimate of drug-likeness (QED) is 0.669. The van der Waals surface area contributed by atoms with Crippen LogP contribution in [0.15, 0.2) is 27.8 Å². The van der Waals surface area contributed by atoms with Crippen LogP contribution in [0.1, 0.15) is 37.7 Å². The Labute approximate surface area is 120 Å². The van der Waals surface area contributed by atoms with Crippen LogP contribution in [0.25, 0.3) is 0 Å². The Bertz CT molecular complexity index is 484. The lowest BCUT2D eigenvalue weighted by Gasteiger charge is -2.19. The summed E-state index contributed by atoms with van der Waals surface area (Å²) in [5.41, 5.74) is 2.84. The topological polar surface area (TPSA) is 41.5 Å². The largest absolute Gasteiger partial charge is 0.273 e. The summed E-state index contributed by atoms with van der Waals surface area (Å²) in [5, 5.41) is 3.83. The number of carbonyl (C=O) groups is 1. The van der Waals surface area contributed by atoms with Crippen molar-refractivity contribution in [2.75, 3.05) is 0 Å². The van der Waals surface area contributed by atoms with Crippen LogP contribution in [-0.2, 0) is 4.79 Å². The average Bonchev–Trinajstić information content (AvgIpc) is 2.43.